The van der Waals surface area contributed by atoms with Crippen molar-refractivity contribution in [2.45, 2.75) is 26.2 Å². The van der Waals surface area contributed by atoms with Crippen LogP contribution in [-0.4, -0.2) is 4.57 Å². The highest BCUT2D eigenvalue weighted by Gasteiger charge is 2.36. The van der Waals surface area contributed by atoms with E-state index in [9.17, 15) is 0 Å². The Labute approximate surface area is 160 Å². The smallest absolute Gasteiger partial charge is 0.0541 e. The lowest BCUT2D eigenvalue weighted by atomic mass is 9.83. The maximum Gasteiger partial charge on any atom is 0.0541 e. The average Bonchev–Trinajstić information content (AvgIpc) is 3.12. The molecule has 4 aromatic rings. The van der Waals surface area contributed by atoms with E-state index in [1.54, 1.807) is 0 Å². The van der Waals surface area contributed by atoms with Crippen LogP contribution >= 0.6 is 0 Å². The molecular weight excluding hydrogens is 326 g/mol. The lowest BCUT2D eigenvalue weighted by Crippen LogP contribution is -2.14. The third-order valence-corrected chi connectivity index (χ3v) is 6.17. The Morgan fingerprint density at radius 3 is 2.04 bits per heavy atom. The molecule has 27 heavy (non-hydrogen) atoms. The van der Waals surface area contributed by atoms with Gasteiger partial charge in [-0.15, -0.1) is 0 Å². The molecule has 0 spiro atoms. The monoisotopic (exact) mass is 349 g/mol. The summed E-state index contributed by atoms with van der Waals surface area (Å²) in [7, 11) is 0. The molecule has 132 valence electrons. The van der Waals surface area contributed by atoms with Gasteiger partial charge in [-0.2, -0.15) is 0 Å². The van der Waals surface area contributed by atoms with Gasteiger partial charge in [0.25, 0.3) is 0 Å². The van der Waals surface area contributed by atoms with Gasteiger partial charge in [-0.25, -0.2) is 0 Å². The number of nitrogens with zero attached hydrogens (tertiary/aromatic N) is 1. The molecule has 0 atom stereocenters. The van der Waals surface area contributed by atoms with Crippen LogP contribution in [0.5, 0.6) is 0 Å². The molecule has 1 heteroatoms. The van der Waals surface area contributed by atoms with E-state index in [1.807, 2.05) is 0 Å². The van der Waals surface area contributed by atoms with Crippen LogP contribution in [0.1, 0.15) is 31.9 Å². The molecule has 1 aromatic heterocycles. The van der Waals surface area contributed by atoms with Gasteiger partial charge in [0, 0.05) is 21.9 Å². The average molecular weight is 349 g/mol. The largest absolute Gasteiger partial charge is 0.309 e. The number of para-hydroxylation sites is 2. The summed E-state index contributed by atoms with van der Waals surface area (Å²) >= 11 is 0. The van der Waals surface area contributed by atoms with E-state index < -0.39 is 0 Å². The van der Waals surface area contributed by atoms with E-state index in [0.29, 0.717) is 0 Å². The number of benzene rings is 3. The quantitative estimate of drug-likeness (QED) is 0.347. The van der Waals surface area contributed by atoms with Crippen molar-refractivity contribution >= 4 is 27.4 Å². The Bertz CT molecular complexity index is 1210. The molecule has 1 nitrogen and oxygen atoms in total. The second-order valence-electron chi connectivity index (χ2n) is 7.91. The first-order chi connectivity index (χ1) is 13.0. The molecule has 0 aliphatic heterocycles. The van der Waals surface area contributed by atoms with E-state index in [-0.39, 0.29) is 5.41 Å². The van der Waals surface area contributed by atoms with Crippen molar-refractivity contribution in [3.8, 4) is 5.69 Å². The van der Waals surface area contributed by atoms with Crippen molar-refractivity contribution in [3.05, 3.63) is 96.1 Å². The first-order valence-electron chi connectivity index (χ1n) is 9.53. The fraction of sp³-hybridized carbons (Fsp3) is 0.154. The molecule has 0 radical (unpaired) electrons. The summed E-state index contributed by atoms with van der Waals surface area (Å²) in [5.41, 5.74) is 8.83. The summed E-state index contributed by atoms with van der Waals surface area (Å²) in [5.74, 6) is 0. The van der Waals surface area contributed by atoms with Crippen LogP contribution < -0.4 is 0 Å². The Kier molecular flexibility index (Phi) is 3.27. The number of hydrogen-bond donors (Lipinski definition) is 0. The summed E-state index contributed by atoms with van der Waals surface area (Å²) in [6.07, 6.45) is 2.19. The van der Waals surface area contributed by atoms with Crippen LogP contribution in [0.2, 0.25) is 0 Å². The van der Waals surface area contributed by atoms with Crippen LogP contribution in [0.25, 0.3) is 33.1 Å². The van der Waals surface area contributed by atoms with Crippen LogP contribution in [0.3, 0.4) is 0 Å². The third kappa shape index (κ3) is 2.06. The van der Waals surface area contributed by atoms with Gasteiger partial charge in [-0.05, 0) is 53.5 Å². The van der Waals surface area contributed by atoms with Crippen molar-refractivity contribution in [1.29, 1.82) is 0 Å². The summed E-state index contributed by atoms with van der Waals surface area (Å²) in [6.45, 7) is 11.1. The number of allylic oxidation sites excluding steroid dienone is 3. The lowest BCUT2D eigenvalue weighted by molar-refractivity contribution is 0.662. The van der Waals surface area contributed by atoms with Crippen molar-refractivity contribution in [2.75, 3.05) is 0 Å². The summed E-state index contributed by atoms with van der Waals surface area (Å²) in [6, 6.07) is 24.2. The second kappa shape index (κ2) is 5.47. The van der Waals surface area contributed by atoms with Gasteiger partial charge in [-0.3, -0.25) is 0 Å². The van der Waals surface area contributed by atoms with Gasteiger partial charge in [0.1, 0.15) is 0 Å². The highest BCUT2D eigenvalue weighted by molar-refractivity contribution is 6.09. The number of hydrogen-bond acceptors (Lipinski definition) is 0. The minimum Gasteiger partial charge on any atom is -0.309 e. The van der Waals surface area contributed by atoms with Gasteiger partial charge in [0.2, 0.25) is 0 Å². The molecule has 0 N–H and O–H groups in total. The minimum atomic E-state index is -0.0497. The lowest BCUT2D eigenvalue weighted by Gasteiger charge is -2.21. The van der Waals surface area contributed by atoms with Crippen molar-refractivity contribution in [2.24, 2.45) is 0 Å². The zero-order valence-corrected chi connectivity index (χ0v) is 16.1. The Morgan fingerprint density at radius 1 is 0.852 bits per heavy atom. The van der Waals surface area contributed by atoms with Crippen LogP contribution in [0.15, 0.2) is 85.0 Å². The molecule has 1 aliphatic rings. The SMILES string of the molecule is C=C1/C(=C\C)c2ccc(-n3c4ccccc4c4ccccc43)cc2C1(C)C. The number of aromatic nitrogens is 1. The zero-order chi connectivity index (χ0) is 18.8. The van der Waals surface area contributed by atoms with Crippen LogP contribution in [0, 0.1) is 0 Å². The fourth-order valence-electron chi connectivity index (χ4n) is 4.62. The van der Waals surface area contributed by atoms with Crippen molar-refractivity contribution < 1.29 is 0 Å². The Hall–Kier alpha value is -3.06. The maximum atomic E-state index is 4.39. The minimum absolute atomic E-state index is 0.0497. The van der Waals surface area contributed by atoms with Crippen LogP contribution in [-0.2, 0) is 5.41 Å². The summed E-state index contributed by atoms with van der Waals surface area (Å²) in [5, 5.41) is 2.60. The van der Waals surface area contributed by atoms with Crippen molar-refractivity contribution in [1.82, 2.24) is 4.57 Å². The Balaban J connectivity index is 1.86. The molecule has 1 aliphatic carbocycles. The van der Waals surface area contributed by atoms with Gasteiger partial charge < -0.3 is 4.57 Å². The molecule has 0 saturated heterocycles. The molecule has 0 unspecified atom stereocenters. The van der Waals surface area contributed by atoms with Gasteiger partial charge in [0.05, 0.1) is 11.0 Å². The summed E-state index contributed by atoms with van der Waals surface area (Å²) < 4.78 is 2.39. The number of fused-ring (bicyclic) bond motifs is 4. The molecule has 0 amide bonds. The van der Waals surface area contributed by atoms with E-state index in [2.05, 4.69) is 105 Å². The standard InChI is InChI=1S/C26H23N/c1-5-19-17(2)26(3,4)23-16-18(14-15-20(19)23)27-24-12-8-6-10-21(24)22-11-7-9-13-25(22)27/h5-16H,2H2,1,3-4H3/b19-5+. The predicted molar refractivity (Wildman–Crippen MR) is 117 cm³/mol. The van der Waals surface area contributed by atoms with Crippen molar-refractivity contribution in [3.63, 3.8) is 0 Å². The molecule has 5 rings (SSSR count). The van der Waals surface area contributed by atoms with Gasteiger partial charge in [-0.1, -0.05) is 69.0 Å². The highest BCUT2D eigenvalue weighted by atomic mass is 15.0. The van der Waals surface area contributed by atoms with E-state index in [0.717, 1.165) is 0 Å². The zero-order valence-electron chi connectivity index (χ0n) is 16.1. The van der Waals surface area contributed by atoms with Gasteiger partial charge >= 0.3 is 0 Å². The molecule has 1 heterocycles. The fourth-order valence-corrected chi connectivity index (χ4v) is 4.62. The number of rotatable bonds is 1. The molecular formula is C26H23N. The highest BCUT2D eigenvalue weighted by Crippen LogP contribution is 2.49. The normalized spacial score (nSPS) is 17.1. The second-order valence-corrected chi connectivity index (χ2v) is 7.91. The van der Waals surface area contributed by atoms with E-state index in [1.165, 1.54) is 49.8 Å². The van der Waals surface area contributed by atoms with Gasteiger partial charge in [0.15, 0.2) is 0 Å². The molecule has 0 fully saturated rings. The topological polar surface area (TPSA) is 4.93 Å². The predicted octanol–water partition coefficient (Wildman–Crippen LogP) is 7.03. The molecule has 0 bridgehead atoms. The summed E-state index contributed by atoms with van der Waals surface area (Å²) in [4.78, 5) is 0. The maximum absolute atomic E-state index is 4.39. The Morgan fingerprint density at radius 2 is 1.44 bits per heavy atom. The third-order valence-electron chi connectivity index (χ3n) is 6.17. The van der Waals surface area contributed by atoms with E-state index >= 15 is 0 Å². The van der Waals surface area contributed by atoms with E-state index in [4.69, 9.17) is 0 Å². The first kappa shape index (κ1) is 16.1. The molecule has 0 saturated carbocycles. The first-order valence-corrected chi connectivity index (χ1v) is 9.53. The molecule has 3 aromatic carbocycles. The van der Waals surface area contributed by atoms with Crippen LogP contribution in [0.4, 0.5) is 0 Å².